The van der Waals surface area contributed by atoms with E-state index in [1.54, 1.807) is 0 Å². The molecular weight excluding hydrogens is 464 g/mol. The highest BCUT2D eigenvalue weighted by molar-refractivity contribution is 6.12. The van der Waals surface area contributed by atoms with E-state index in [1.165, 1.54) is 21.8 Å². The Morgan fingerprint density at radius 1 is 0.658 bits per heavy atom. The molecule has 38 heavy (non-hydrogen) atoms. The molecule has 8 rings (SSSR count). The first-order valence-corrected chi connectivity index (χ1v) is 13.0. The average Bonchev–Trinajstić information content (AvgIpc) is 3.25. The molecule has 0 unspecified atom stereocenters. The predicted molar refractivity (Wildman–Crippen MR) is 157 cm³/mol. The van der Waals surface area contributed by atoms with Crippen molar-refractivity contribution < 1.29 is 0 Å². The van der Waals surface area contributed by atoms with Crippen LogP contribution >= 0.6 is 0 Å². The monoisotopic (exact) mass is 488 g/mol. The van der Waals surface area contributed by atoms with E-state index in [1.807, 2.05) is 12.3 Å². The van der Waals surface area contributed by atoms with Gasteiger partial charge < -0.3 is 14.8 Å². The molecule has 4 heterocycles. The van der Waals surface area contributed by atoms with E-state index in [0.29, 0.717) is 0 Å². The minimum Gasteiger partial charge on any atom is -0.379 e. The van der Waals surface area contributed by atoms with Gasteiger partial charge in [0.15, 0.2) is 0 Å². The van der Waals surface area contributed by atoms with E-state index in [2.05, 4.69) is 130 Å². The van der Waals surface area contributed by atoms with Crippen LogP contribution in [0.25, 0.3) is 44.4 Å². The van der Waals surface area contributed by atoms with Crippen molar-refractivity contribution in [1.82, 2.24) is 14.9 Å². The highest BCUT2D eigenvalue weighted by atomic mass is 15.2. The molecule has 0 saturated heterocycles. The third kappa shape index (κ3) is 3.01. The molecule has 0 saturated carbocycles. The molecule has 180 valence electrons. The number of rotatable bonds is 2. The topological polar surface area (TPSA) is 33.1 Å². The summed E-state index contributed by atoms with van der Waals surface area (Å²) in [5.74, 6) is 0. The number of pyridine rings is 1. The van der Waals surface area contributed by atoms with E-state index in [9.17, 15) is 0 Å². The number of allylic oxidation sites excluding steroid dienone is 1. The SMILES string of the molecule is C1=CC2=C(NC1)c1cc3c(cc1-c1ncccc1N2c1ccccc1)c1ccccc1n3-c1ccccc1. The zero-order valence-corrected chi connectivity index (χ0v) is 20.7. The van der Waals surface area contributed by atoms with Gasteiger partial charge in [-0.05, 0) is 60.7 Å². The summed E-state index contributed by atoms with van der Waals surface area (Å²) in [6, 6.07) is 38.8. The van der Waals surface area contributed by atoms with E-state index < -0.39 is 0 Å². The number of benzene rings is 4. The molecule has 6 aromatic rings. The number of hydrogen-bond acceptors (Lipinski definition) is 3. The predicted octanol–water partition coefficient (Wildman–Crippen LogP) is 7.83. The van der Waals surface area contributed by atoms with Crippen molar-refractivity contribution in [3.8, 4) is 16.9 Å². The minimum atomic E-state index is 0.782. The van der Waals surface area contributed by atoms with Crippen LogP contribution in [0.4, 0.5) is 11.4 Å². The van der Waals surface area contributed by atoms with Crippen LogP contribution in [-0.2, 0) is 0 Å². The van der Waals surface area contributed by atoms with Crippen molar-refractivity contribution in [3.63, 3.8) is 0 Å². The summed E-state index contributed by atoms with van der Waals surface area (Å²) in [4.78, 5) is 7.31. The number of aromatic nitrogens is 2. The Morgan fingerprint density at radius 3 is 2.26 bits per heavy atom. The highest BCUT2D eigenvalue weighted by Gasteiger charge is 2.30. The average molecular weight is 489 g/mol. The standard InChI is InChI=1S/C34H24N4/c1-3-11-23(12-4-1)37-29-16-8-7-15-25(29)26-21-27-28(22-32(26)37)34-31(18-10-20-36-34)38(24-13-5-2-6-14-24)30-17-9-19-35-33(27)30/h1-19,21-22,36H,20H2. The number of fused-ring (bicyclic) bond motifs is 7. The van der Waals surface area contributed by atoms with Gasteiger partial charge in [-0.15, -0.1) is 0 Å². The summed E-state index contributed by atoms with van der Waals surface area (Å²) in [6.07, 6.45) is 6.33. The van der Waals surface area contributed by atoms with Gasteiger partial charge in [0.2, 0.25) is 0 Å². The molecule has 0 amide bonds. The van der Waals surface area contributed by atoms with Crippen molar-refractivity contribution in [2.24, 2.45) is 0 Å². The van der Waals surface area contributed by atoms with Crippen molar-refractivity contribution in [3.05, 3.63) is 139 Å². The number of anilines is 2. The van der Waals surface area contributed by atoms with Gasteiger partial charge in [0.05, 0.1) is 33.8 Å². The van der Waals surface area contributed by atoms with Crippen molar-refractivity contribution in [2.75, 3.05) is 11.4 Å². The Morgan fingerprint density at radius 2 is 1.42 bits per heavy atom. The van der Waals surface area contributed by atoms with Crippen LogP contribution in [0.5, 0.6) is 0 Å². The number of dihydropyridines is 1. The largest absolute Gasteiger partial charge is 0.379 e. The molecule has 0 aliphatic carbocycles. The van der Waals surface area contributed by atoms with Crippen molar-refractivity contribution in [1.29, 1.82) is 0 Å². The molecule has 2 aromatic heterocycles. The van der Waals surface area contributed by atoms with Gasteiger partial charge in [0, 0.05) is 46.0 Å². The Kier molecular flexibility index (Phi) is 4.55. The first kappa shape index (κ1) is 21.0. The van der Waals surface area contributed by atoms with Crippen LogP contribution in [0.1, 0.15) is 5.56 Å². The normalized spacial score (nSPS) is 14.2. The van der Waals surface area contributed by atoms with Gasteiger partial charge in [0.25, 0.3) is 0 Å². The quantitative estimate of drug-likeness (QED) is 0.270. The summed E-state index contributed by atoms with van der Waals surface area (Å²) in [5.41, 5.74) is 11.2. The van der Waals surface area contributed by atoms with Crippen LogP contribution in [0.15, 0.2) is 133 Å². The molecule has 4 heteroatoms. The summed E-state index contributed by atoms with van der Waals surface area (Å²) in [6.45, 7) is 0.782. The second-order valence-corrected chi connectivity index (χ2v) is 9.69. The van der Waals surface area contributed by atoms with Crippen LogP contribution in [-0.4, -0.2) is 16.1 Å². The summed E-state index contributed by atoms with van der Waals surface area (Å²) in [7, 11) is 0. The van der Waals surface area contributed by atoms with Crippen LogP contribution in [0, 0.1) is 0 Å². The molecule has 0 radical (unpaired) electrons. The van der Waals surface area contributed by atoms with Gasteiger partial charge in [-0.2, -0.15) is 0 Å². The molecule has 4 nitrogen and oxygen atoms in total. The second kappa shape index (κ2) is 8.22. The van der Waals surface area contributed by atoms with E-state index in [0.717, 1.165) is 51.8 Å². The lowest BCUT2D eigenvalue weighted by Crippen LogP contribution is -2.24. The summed E-state index contributed by atoms with van der Waals surface area (Å²) >= 11 is 0. The maximum Gasteiger partial charge on any atom is 0.0949 e. The van der Waals surface area contributed by atoms with Crippen LogP contribution in [0.3, 0.4) is 0 Å². The van der Waals surface area contributed by atoms with Crippen molar-refractivity contribution >= 4 is 38.9 Å². The van der Waals surface area contributed by atoms with Crippen molar-refractivity contribution in [2.45, 2.75) is 0 Å². The maximum absolute atomic E-state index is 4.98. The Balaban J connectivity index is 1.52. The van der Waals surface area contributed by atoms with E-state index >= 15 is 0 Å². The zero-order chi connectivity index (χ0) is 25.1. The lowest BCUT2D eigenvalue weighted by Gasteiger charge is -2.29. The zero-order valence-electron chi connectivity index (χ0n) is 20.7. The fourth-order valence-corrected chi connectivity index (χ4v) is 5.97. The third-order valence-corrected chi connectivity index (χ3v) is 7.56. The number of hydrogen-bond donors (Lipinski definition) is 1. The highest BCUT2D eigenvalue weighted by Crippen LogP contribution is 2.47. The number of para-hydroxylation sites is 3. The molecular formula is C34H24N4. The molecule has 1 N–H and O–H groups in total. The summed E-state index contributed by atoms with van der Waals surface area (Å²) < 4.78 is 2.38. The Labute approximate surface area is 220 Å². The molecule has 0 spiro atoms. The first-order chi connectivity index (χ1) is 18.9. The summed E-state index contributed by atoms with van der Waals surface area (Å²) in [5, 5.41) is 6.18. The van der Waals surface area contributed by atoms with Gasteiger partial charge in [-0.25, -0.2) is 0 Å². The van der Waals surface area contributed by atoms with E-state index in [4.69, 9.17) is 4.98 Å². The van der Waals surface area contributed by atoms with E-state index in [-0.39, 0.29) is 0 Å². The lowest BCUT2D eigenvalue weighted by molar-refractivity contribution is 0.970. The minimum absolute atomic E-state index is 0.782. The molecule has 4 aromatic carbocycles. The molecule has 0 fully saturated rings. The van der Waals surface area contributed by atoms with Gasteiger partial charge >= 0.3 is 0 Å². The van der Waals surface area contributed by atoms with Crippen LogP contribution < -0.4 is 10.2 Å². The number of nitrogens with zero attached hydrogens (tertiary/aromatic N) is 3. The lowest BCUT2D eigenvalue weighted by atomic mass is 9.97. The van der Waals surface area contributed by atoms with Gasteiger partial charge in [-0.3, -0.25) is 4.98 Å². The fourth-order valence-electron chi connectivity index (χ4n) is 5.97. The second-order valence-electron chi connectivity index (χ2n) is 9.69. The molecule has 2 aliphatic rings. The maximum atomic E-state index is 4.98. The third-order valence-electron chi connectivity index (χ3n) is 7.56. The smallest absolute Gasteiger partial charge is 0.0949 e. The van der Waals surface area contributed by atoms with Gasteiger partial charge in [-0.1, -0.05) is 60.7 Å². The Hall–Kier alpha value is -5.09. The fraction of sp³-hybridized carbons (Fsp3) is 0.0294. The van der Waals surface area contributed by atoms with Crippen LogP contribution in [0.2, 0.25) is 0 Å². The van der Waals surface area contributed by atoms with Gasteiger partial charge in [0.1, 0.15) is 0 Å². The first-order valence-electron chi connectivity index (χ1n) is 13.0. The molecule has 0 bridgehead atoms. The molecule has 0 atom stereocenters. The number of nitrogens with one attached hydrogen (secondary N) is 1. The Bertz CT molecular complexity index is 1910. The molecule has 2 aliphatic heterocycles.